The van der Waals surface area contributed by atoms with Crippen molar-refractivity contribution in [1.82, 2.24) is 10.2 Å². The number of alkyl halides is 3. The summed E-state index contributed by atoms with van der Waals surface area (Å²) in [6, 6.07) is 22.1. The molecule has 55 heavy (non-hydrogen) atoms. The van der Waals surface area contributed by atoms with Crippen LogP contribution in [0, 0.1) is 17.6 Å². The maximum Gasteiger partial charge on any atom is 0.471 e. The summed E-state index contributed by atoms with van der Waals surface area (Å²) in [5, 5.41) is 10.3. The Morgan fingerprint density at radius 1 is 0.873 bits per heavy atom. The number of ether oxygens (including phenoxy) is 2. The van der Waals surface area contributed by atoms with Crippen molar-refractivity contribution >= 4 is 39.9 Å². The summed E-state index contributed by atoms with van der Waals surface area (Å²) in [6.45, 7) is 2.64. The SMILES string of the molecule is O=C(Nc1n[nH]c2ccc(Cc3cc(F)cc(F)c3)cc12)c1ccc(N2CCC(COCc3ccccc3)CC2)cc1N(C(=O)C(F)(F)F)C1CCOCC1. The number of piperidine rings is 1. The van der Waals surface area contributed by atoms with E-state index < -0.39 is 35.7 Å². The molecule has 288 valence electrons. The number of hydrogen-bond donors (Lipinski definition) is 2. The molecule has 0 spiro atoms. The van der Waals surface area contributed by atoms with Gasteiger partial charge in [-0.05, 0) is 97.2 Å². The molecular formula is C41H40F5N5O4. The second kappa shape index (κ2) is 16.6. The highest BCUT2D eigenvalue weighted by molar-refractivity contribution is 6.13. The summed E-state index contributed by atoms with van der Waals surface area (Å²) in [5.74, 6) is -3.85. The van der Waals surface area contributed by atoms with Gasteiger partial charge in [-0.1, -0.05) is 36.4 Å². The Balaban J connectivity index is 1.15. The van der Waals surface area contributed by atoms with E-state index in [-0.39, 0.29) is 49.5 Å². The number of carbonyl (C=O) groups excluding carboxylic acids is 2. The van der Waals surface area contributed by atoms with Crippen molar-refractivity contribution in [1.29, 1.82) is 0 Å². The van der Waals surface area contributed by atoms with Gasteiger partial charge in [-0.2, -0.15) is 18.3 Å². The molecule has 1 aromatic heterocycles. The molecule has 0 saturated carbocycles. The van der Waals surface area contributed by atoms with Crippen LogP contribution in [0.2, 0.25) is 0 Å². The van der Waals surface area contributed by atoms with E-state index in [0.717, 1.165) is 24.5 Å². The zero-order valence-corrected chi connectivity index (χ0v) is 29.9. The average Bonchev–Trinajstić information content (AvgIpc) is 3.56. The largest absolute Gasteiger partial charge is 0.471 e. The third-order valence-corrected chi connectivity index (χ3v) is 10.1. The minimum absolute atomic E-state index is 0.0959. The van der Waals surface area contributed by atoms with E-state index in [1.807, 2.05) is 35.2 Å². The zero-order chi connectivity index (χ0) is 38.5. The van der Waals surface area contributed by atoms with Crippen LogP contribution in [0.3, 0.4) is 0 Å². The summed E-state index contributed by atoms with van der Waals surface area (Å²) in [5.41, 5.74) is 3.00. The molecule has 9 nitrogen and oxygen atoms in total. The fourth-order valence-corrected chi connectivity index (χ4v) is 7.33. The van der Waals surface area contributed by atoms with Crippen LogP contribution in [0.15, 0.2) is 84.9 Å². The van der Waals surface area contributed by atoms with Gasteiger partial charge in [-0.25, -0.2) is 8.78 Å². The number of anilines is 3. The lowest BCUT2D eigenvalue weighted by atomic mass is 9.96. The Kier molecular flexibility index (Phi) is 11.4. The Labute approximate surface area is 314 Å². The molecular weight excluding hydrogens is 721 g/mol. The number of aromatic nitrogens is 2. The zero-order valence-electron chi connectivity index (χ0n) is 29.9. The smallest absolute Gasteiger partial charge is 0.381 e. The Bertz CT molecular complexity index is 2110. The molecule has 2 fully saturated rings. The first-order valence-corrected chi connectivity index (χ1v) is 18.2. The standard InChI is InChI=1S/C41H40F5N5O4/c42-30-19-29(20-31(43)22-30)18-28-6-9-36-35(21-28)38(49-48-36)47-39(52)34-8-7-33(23-37(34)51(40(53)41(44,45)46)32-12-16-54-17-13-32)50-14-10-27(11-15-50)25-55-24-26-4-2-1-3-5-26/h1-9,19-23,27,32H,10-18,24-25H2,(H2,47,48,49,52). The Hall–Kier alpha value is -5.34. The van der Waals surface area contributed by atoms with Gasteiger partial charge in [0, 0.05) is 56.1 Å². The highest BCUT2D eigenvalue weighted by atomic mass is 19.4. The number of amides is 2. The molecule has 0 bridgehead atoms. The normalized spacial score (nSPS) is 15.7. The molecule has 2 saturated heterocycles. The van der Waals surface area contributed by atoms with Gasteiger partial charge < -0.3 is 24.6 Å². The molecule has 2 amide bonds. The van der Waals surface area contributed by atoms with Gasteiger partial charge in [-0.3, -0.25) is 14.7 Å². The molecule has 5 aromatic rings. The van der Waals surface area contributed by atoms with Gasteiger partial charge >= 0.3 is 12.1 Å². The quantitative estimate of drug-likeness (QED) is 0.132. The van der Waals surface area contributed by atoms with Gasteiger partial charge in [0.1, 0.15) is 11.6 Å². The van der Waals surface area contributed by atoms with Crippen molar-refractivity contribution in [2.24, 2.45) is 5.92 Å². The van der Waals surface area contributed by atoms with Gasteiger partial charge in [0.05, 0.1) is 23.4 Å². The van der Waals surface area contributed by atoms with Gasteiger partial charge in [0.25, 0.3) is 5.91 Å². The molecule has 0 radical (unpaired) electrons. The third kappa shape index (κ3) is 9.14. The van der Waals surface area contributed by atoms with Gasteiger partial charge in [0.15, 0.2) is 5.82 Å². The Morgan fingerprint density at radius 3 is 2.31 bits per heavy atom. The minimum Gasteiger partial charge on any atom is -0.381 e. The molecule has 2 aliphatic rings. The molecule has 0 aliphatic carbocycles. The summed E-state index contributed by atoms with van der Waals surface area (Å²) in [7, 11) is 0. The number of fused-ring (bicyclic) bond motifs is 1. The highest BCUT2D eigenvalue weighted by Gasteiger charge is 2.46. The number of hydrogen-bond acceptors (Lipinski definition) is 6. The predicted octanol–water partition coefficient (Wildman–Crippen LogP) is 8.19. The van der Waals surface area contributed by atoms with Crippen molar-refractivity contribution < 1.29 is 41.0 Å². The number of rotatable bonds is 11. The van der Waals surface area contributed by atoms with Crippen molar-refractivity contribution in [2.45, 2.75) is 50.9 Å². The number of carbonyl (C=O) groups is 2. The van der Waals surface area contributed by atoms with Crippen LogP contribution in [-0.2, 0) is 27.3 Å². The lowest BCUT2D eigenvalue weighted by Gasteiger charge is -2.37. The van der Waals surface area contributed by atoms with E-state index in [2.05, 4.69) is 15.5 Å². The van der Waals surface area contributed by atoms with Crippen LogP contribution >= 0.6 is 0 Å². The maximum atomic E-state index is 14.3. The first-order chi connectivity index (χ1) is 26.5. The van der Waals surface area contributed by atoms with Crippen LogP contribution < -0.4 is 15.1 Å². The summed E-state index contributed by atoms with van der Waals surface area (Å²) in [6.07, 6.45) is -3.13. The van der Waals surface area contributed by atoms with E-state index in [4.69, 9.17) is 9.47 Å². The topological polar surface area (TPSA) is 99.8 Å². The molecule has 2 N–H and O–H groups in total. The van der Waals surface area contributed by atoms with Crippen LogP contribution in [0.25, 0.3) is 10.9 Å². The van der Waals surface area contributed by atoms with Gasteiger partial charge in [-0.15, -0.1) is 0 Å². The number of halogens is 5. The number of nitrogens with one attached hydrogen (secondary N) is 2. The molecule has 14 heteroatoms. The fraction of sp³-hybridized carbons (Fsp3) is 0.341. The lowest BCUT2D eigenvalue weighted by molar-refractivity contribution is -0.171. The molecule has 2 aliphatic heterocycles. The first kappa shape index (κ1) is 38.0. The van der Waals surface area contributed by atoms with E-state index in [1.54, 1.807) is 24.3 Å². The second-order valence-corrected chi connectivity index (χ2v) is 14.0. The van der Waals surface area contributed by atoms with E-state index >= 15 is 0 Å². The average molecular weight is 762 g/mol. The van der Waals surface area contributed by atoms with E-state index in [0.29, 0.717) is 64.8 Å². The van der Waals surface area contributed by atoms with E-state index in [9.17, 15) is 31.5 Å². The van der Waals surface area contributed by atoms with Crippen molar-refractivity contribution in [3.63, 3.8) is 0 Å². The predicted molar refractivity (Wildman–Crippen MR) is 198 cm³/mol. The Morgan fingerprint density at radius 2 is 1.60 bits per heavy atom. The third-order valence-electron chi connectivity index (χ3n) is 10.1. The summed E-state index contributed by atoms with van der Waals surface area (Å²) < 4.78 is 82.0. The molecule has 0 atom stereocenters. The number of nitrogens with zero attached hydrogens (tertiary/aromatic N) is 3. The molecule has 7 rings (SSSR count). The van der Waals surface area contributed by atoms with Crippen LogP contribution in [0.1, 0.15) is 52.7 Å². The van der Waals surface area contributed by atoms with Crippen molar-refractivity contribution in [3.8, 4) is 0 Å². The van der Waals surface area contributed by atoms with Crippen molar-refractivity contribution in [3.05, 3.63) is 119 Å². The summed E-state index contributed by atoms with van der Waals surface area (Å²) in [4.78, 5) is 30.1. The fourth-order valence-electron chi connectivity index (χ4n) is 7.33. The molecule has 0 unspecified atom stereocenters. The number of H-pyrrole nitrogens is 1. The molecule has 3 heterocycles. The maximum absolute atomic E-state index is 14.3. The first-order valence-electron chi connectivity index (χ1n) is 18.2. The minimum atomic E-state index is -5.21. The number of aromatic amines is 1. The van der Waals surface area contributed by atoms with Crippen LogP contribution in [-0.4, -0.2) is 67.1 Å². The van der Waals surface area contributed by atoms with Gasteiger partial charge in [0.2, 0.25) is 0 Å². The second-order valence-electron chi connectivity index (χ2n) is 14.0. The van der Waals surface area contributed by atoms with Crippen molar-refractivity contribution in [2.75, 3.05) is 48.0 Å². The highest BCUT2D eigenvalue weighted by Crippen LogP contribution is 2.36. The van der Waals surface area contributed by atoms with Crippen LogP contribution in [0.4, 0.5) is 39.1 Å². The molecule has 4 aromatic carbocycles. The monoisotopic (exact) mass is 761 g/mol. The summed E-state index contributed by atoms with van der Waals surface area (Å²) >= 11 is 0. The van der Waals surface area contributed by atoms with Crippen LogP contribution in [0.5, 0.6) is 0 Å². The number of benzene rings is 4. The van der Waals surface area contributed by atoms with E-state index in [1.165, 1.54) is 24.3 Å². The lowest BCUT2D eigenvalue weighted by Crippen LogP contribution is -2.50.